The van der Waals surface area contributed by atoms with Crippen LogP contribution < -0.4 is 0 Å². The van der Waals surface area contributed by atoms with Crippen molar-refractivity contribution < 1.29 is 4.79 Å². The SMILES string of the molecule is Cc1ccc(CN(C(=O)Cc2c(C)nn(CC(C)C)c2C)C2CC2)cc1. The Morgan fingerprint density at radius 1 is 1.19 bits per heavy atom. The first-order valence-corrected chi connectivity index (χ1v) is 9.73. The van der Waals surface area contributed by atoms with Crippen molar-refractivity contribution in [2.24, 2.45) is 5.92 Å². The number of rotatable bonds is 7. The zero-order valence-electron chi connectivity index (χ0n) is 16.7. The van der Waals surface area contributed by atoms with Crippen molar-refractivity contribution in [2.45, 2.75) is 73.0 Å². The molecule has 1 fully saturated rings. The zero-order valence-corrected chi connectivity index (χ0v) is 16.7. The van der Waals surface area contributed by atoms with E-state index in [1.807, 2.05) is 6.92 Å². The number of carbonyl (C=O) groups excluding carboxylic acids is 1. The van der Waals surface area contributed by atoms with Gasteiger partial charge in [0.1, 0.15) is 0 Å². The summed E-state index contributed by atoms with van der Waals surface area (Å²) in [7, 11) is 0. The van der Waals surface area contributed by atoms with Crippen LogP contribution in [-0.4, -0.2) is 26.6 Å². The van der Waals surface area contributed by atoms with E-state index >= 15 is 0 Å². The third-order valence-electron chi connectivity index (χ3n) is 5.18. The Labute approximate surface area is 157 Å². The summed E-state index contributed by atoms with van der Waals surface area (Å²) in [6.45, 7) is 12.2. The highest BCUT2D eigenvalue weighted by atomic mass is 16.2. The van der Waals surface area contributed by atoms with Crippen LogP contribution in [0.3, 0.4) is 0 Å². The van der Waals surface area contributed by atoms with Crippen molar-refractivity contribution in [1.29, 1.82) is 0 Å². The van der Waals surface area contributed by atoms with Gasteiger partial charge >= 0.3 is 0 Å². The summed E-state index contributed by atoms with van der Waals surface area (Å²) in [6.07, 6.45) is 2.71. The molecule has 0 saturated heterocycles. The molecular weight excluding hydrogens is 322 g/mol. The van der Waals surface area contributed by atoms with E-state index in [-0.39, 0.29) is 5.91 Å². The van der Waals surface area contributed by atoms with E-state index in [9.17, 15) is 4.79 Å². The molecule has 1 aliphatic rings. The smallest absolute Gasteiger partial charge is 0.227 e. The van der Waals surface area contributed by atoms with Crippen molar-refractivity contribution in [2.75, 3.05) is 0 Å². The highest BCUT2D eigenvalue weighted by molar-refractivity contribution is 5.80. The largest absolute Gasteiger partial charge is 0.335 e. The molecule has 3 rings (SSSR count). The minimum absolute atomic E-state index is 0.225. The molecule has 1 aromatic carbocycles. The molecule has 0 radical (unpaired) electrons. The number of amides is 1. The van der Waals surface area contributed by atoms with Gasteiger partial charge in [0, 0.05) is 30.4 Å². The van der Waals surface area contributed by atoms with Crippen LogP contribution in [0.5, 0.6) is 0 Å². The molecule has 4 heteroatoms. The molecular formula is C22H31N3O. The monoisotopic (exact) mass is 353 g/mol. The summed E-state index contributed by atoms with van der Waals surface area (Å²) in [5.74, 6) is 0.768. The van der Waals surface area contributed by atoms with E-state index in [2.05, 4.69) is 66.6 Å². The van der Waals surface area contributed by atoms with Gasteiger partial charge in [0.15, 0.2) is 0 Å². The summed E-state index contributed by atoms with van der Waals surface area (Å²) < 4.78 is 2.06. The number of aromatic nitrogens is 2. The lowest BCUT2D eigenvalue weighted by molar-refractivity contribution is -0.131. The van der Waals surface area contributed by atoms with Crippen molar-refractivity contribution >= 4 is 5.91 Å². The molecule has 1 saturated carbocycles. The molecule has 0 bridgehead atoms. The molecule has 1 heterocycles. The molecule has 4 nitrogen and oxygen atoms in total. The van der Waals surface area contributed by atoms with Gasteiger partial charge in [0.2, 0.25) is 5.91 Å². The second kappa shape index (κ2) is 7.65. The van der Waals surface area contributed by atoms with Gasteiger partial charge in [-0.1, -0.05) is 43.7 Å². The Kier molecular flexibility index (Phi) is 5.49. The maximum Gasteiger partial charge on any atom is 0.227 e. The van der Waals surface area contributed by atoms with Crippen molar-refractivity contribution in [3.63, 3.8) is 0 Å². The maximum absolute atomic E-state index is 13.1. The first kappa shape index (κ1) is 18.7. The minimum Gasteiger partial charge on any atom is -0.335 e. The predicted octanol–water partition coefficient (Wildman–Crippen LogP) is 4.20. The number of benzene rings is 1. The first-order chi connectivity index (χ1) is 12.3. The molecule has 1 aromatic heterocycles. The second-order valence-electron chi connectivity index (χ2n) is 8.14. The van der Waals surface area contributed by atoms with Crippen LogP contribution in [-0.2, 0) is 24.3 Å². The number of nitrogens with zero attached hydrogens (tertiary/aromatic N) is 3. The Balaban J connectivity index is 1.74. The highest BCUT2D eigenvalue weighted by Crippen LogP contribution is 2.29. The maximum atomic E-state index is 13.1. The fourth-order valence-electron chi connectivity index (χ4n) is 3.46. The summed E-state index contributed by atoms with van der Waals surface area (Å²) in [4.78, 5) is 15.2. The van der Waals surface area contributed by atoms with Crippen LogP contribution in [0.4, 0.5) is 0 Å². The van der Waals surface area contributed by atoms with E-state index in [0.717, 1.165) is 36.3 Å². The Morgan fingerprint density at radius 3 is 2.42 bits per heavy atom. The van der Waals surface area contributed by atoms with Crippen LogP contribution in [0.2, 0.25) is 0 Å². The van der Waals surface area contributed by atoms with Crippen LogP contribution in [0.25, 0.3) is 0 Å². The molecule has 0 atom stereocenters. The summed E-state index contributed by atoms with van der Waals surface area (Å²) in [5, 5.41) is 4.66. The Morgan fingerprint density at radius 2 is 1.85 bits per heavy atom. The summed E-state index contributed by atoms with van der Waals surface area (Å²) in [6, 6.07) is 8.92. The van der Waals surface area contributed by atoms with Crippen LogP contribution in [0, 0.1) is 26.7 Å². The average Bonchev–Trinajstić information content (AvgIpc) is 3.38. The first-order valence-electron chi connectivity index (χ1n) is 9.73. The van der Waals surface area contributed by atoms with Crippen molar-refractivity contribution in [3.05, 3.63) is 52.3 Å². The van der Waals surface area contributed by atoms with Gasteiger partial charge in [-0.3, -0.25) is 9.48 Å². The van der Waals surface area contributed by atoms with E-state index in [0.29, 0.717) is 24.9 Å². The van der Waals surface area contributed by atoms with Crippen LogP contribution in [0.15, 0.2) is 24.3 Å². The second-order valence-corrected chi connectivity index (χ2v) is 8.14. The van der Waals surface area contributed by atoms with Gasteiger partial charge in [0.05, 0.1) is 12.1 Å². The van der Waals surface area contributed by atoms with E-state index in [1.165, 1.54) is 11.1 Å². The van der Waals surface area contributed by atoms with Gasteiger partial charge in [-0.25, -0.2) is 0 Å². The fourth-order valence-corrected chi connectivity index (χ4v) is 3.46. The van der Waals surface area contributed by atoms with E-state index in [1.54, 1.807) is 0 Å². The van der Waals surface area contributed by atoms with Gasteiger partial charge in [0.25, 0.3) is 0 Å². The Bertz CT molecular complexity index is 769. The summed E-state index contributed by atoms with van der Waals surface area (Å²) >= 11 is 0. The average molecular weight is 354 g/mol. The normalized spacial score (nSPS) is 14.1. The number of hydrogen-bond acceptors (Lipinski definition) is 2. The van der Waals surface area contributed by atoms with Gasteiger partial charge in [-0.2, -0.15) is 5.10 Å². The van der Waals surface area contributed by atoms with Crippen molar-refractivity contribution in [3.8, 4) is 0 Å². The molecule has 0 aliphatic heterocycles. The molecule has 0 spiro atoms. The molecule has 0 N–H and O–H groups in total. The van der Waals surface area contributed by atoms with E-state index < -0.39 is 0 Å². The molecule has 1 aliphatic carbocycles. The van der Waals surface area contributed by atoms with Gasteiger partial charge in [-0.15, -0.1) is 0 Å². The van der Waals surface area contributed by atoms with Crippen molar-refractivity contribution in [1.82, 2.24) is 14.7 Å². The molecule has 1 amide bonds. The van der Waals surface area contributed by atoms with Crippen LogP contribution in [0.1, 0.15) is 54.8 Å². The Hall–Kier alpha value is -2.10. The highest BCUT2D eigenvalue weighted by Gasteiger charge is 2.33. The number of carbonyl (C=O) groups is 1. The zero-order chi connectivity index (χ0) is 18.8. The molecule has 140 valence electrons. The van der Waals surface area contributed by atoms with Gasteiger partial charge < -0.3 is 4.90 Å². The van der Waals surface area contributed by atoms with Crippen LogP contribution >= 0.6 is 0 Å². The van der Waals surface area contributed by atoms with Gasteiger partial charge in [-0.05, 0) is 45.1 Å². The quantitative estimate of drug-likeness (QED) is 0.748. The number of aryl methyl sites for hydroxylation is 2. The lowest BCUT2D eigenvalue weighted by Crippen LogP contribution is -2.34. The third-order valence-corrected chi connectivity index (χ3v) is 5.18. The fraction of sp³-hybridized carbons (Fsp3) is 0.545. The standard InChI is InChI=1S/C22H31N3O/c1-15(2)13-25-18(5)21(17(4)23-25)12-22(26)24(20-10-11-20)14-19-8-6-16(3)7-9-19/h6-9,15,20H,10-14H2,1-5H3. The topological polar surface area (TPSA) is 38.1 Å². The lowest BCUT2D eigenvalue weighted by Gasteiger charge is -2.23. The third kappa shape index (κ3) is 4.35. The predicted molar refractivity (Wildman–Crippen MR) is 105 cm³/mol. The van der Waals surface area contributed by atoms with E-state index in [4.69, 9.17) is 0 Å². The molecule has 2 aromatic rings. The molecule has 26 heavy (non-hydrogen) atoms. The minimum atomic E-state index is 0.225. The molecule has 0 unspecified atom stereocenters. The number of hydrogen-bond donors (Lipinski definition) is 0. The lowest BCUT2D eigenvalue weighted by atomic mass is 10.1. The summed E-state index contributed by atoms with van der Waals surface area (Å²) in [5.41, 5.74) is 5.69.